The summed E-state index contributed by atoms with van der Waals surface area (Å²) in [5.41, 5.74) is 1.06. The molecule has 0 bridgehead atoms. The zero-order chi connectivity index (χ0) is 19.8. The van der Waals surface area contributed by atoms with E-state index in [2.05, 4.69) is 4.98 Å². The average molecular weight is 388 g/mol. The van der Waals surface area contributed by atoms with Crippen molar-refractivity contribution in [3.63, 3.8) is 0 Å². The third-order valence-electron chi connectivity index (χ3n) is 4.91. The lowest BCUT2D eigenvalue weighted by molar-refractivity contribution is -0.137. The Balaban J connectivity index is 1.57. The maximum absolute atomic E-state index is 12.4. The summed E-state index contributed by atoms with van der Waals surface area (Å²) in [5, 5.41) is 0. The molecule has 1 aromatic heterocycles. The average Bonchev–Trinajstić information content (AvgIpc) is 3.20. The van der Waals surface area contributed by atoms with E-state index >= 15 is 0 Å². The van der Waals surface area contributed by atoms with Gasteiger partial charge < -0.3 is 23.5 Å². The maximum Gasteiger partial charge on any atom is 0.248 e. The van der Waals surface area contributed by atoms with Crippen LogP contribution in [-0.2, 0) is 20.7 Å². The molecule has 1 aliphatic heterocycles. The number of aromatic nitrogens is 1. The van der Waals surface area contributed by atoms with Crippen LogP contribution in [0.4, 0.5) is 0 Å². The second-order valence-electron chi connectivity index (χ2n) is 6.88. The van der Waals surface area contributed by atoms with Crippen molar-refractivity contribution in [3.8, 4) is 5.75 Å². The van der Waals surface area contributed by atoms with Crippen molar-refractivity contribution >= 4 is 5.91 Å². The first-order chi connectivity index (χ1) is 13.7. The number of ether oxygens (including phenoxy) is 3. The summed E-state index contributed by atoms with van der Waals surface area (Å²) in [4.78, 5) is 18.7. The molecule has 1 saturated heterocycles. The fourth-order valence-corrected chi connectivity index (χ4v) is 3.43. The fraction of sp³-hybridized carbons (Fsp3) is 0.524. The maximum atomic E-state index is 12.4. The largest absolute Gasteiger partial charge is 0.496 e. The van der Waals surface area contributed by atoms with Crippen molar-refractivity contribution in [1.29, 1.82) is 0 Å². The van der Waals surface area contributed by atoms with Crippen molar-refractivity contribution in [2.24, 2.45) is 0 Å². The van der Waals surface area contributed by atoms with Gasteiger partial charge in [0.15, 0.2) is 5.89 Å². The third-order valence-corrected chi connectivity index (χ3v) is 4.91. The number of para-hydroxylation sites is 1. The van der Waals surface area contributed by atoms with E-state index in [-0.39, 0.29) is 18.4 Å². The normalized spacial score (nSPS) is 16.9. The molecule has 28 heavy (non-hydrogen) atoms. The molecule has 7 heteroatoms. The van der Waals surface area contributed by atoms with Crippen molar-refractivity contribution < 1.29 is 23.4 Å². The Kier molecular flexibility index (Phi) is 7.45. The highest BCUT2D eigenvalue weighted by Gasteiger charge is 2.28. The highest BCUT2D eigenvalue weighted by atomic mass is 16.5. The van der Waals surface area contributed by atoms with Crippen molar-refractivity contribution in [2.75, 3.05) is 47.1 Å². The van der Waals surface area contributed by atoms with Gasteiger partial charge >= 0.3 is 0 Å². The molecule has 3 rings (SSSR count). The predicted molar refractivity (Wildman–Crippen MR) is 104 cm³/mol. The molecule has 1 aliphatic rings. The molecule has 2 aromatic rings. The minimum absolute atomic E-state index is 0.00149. The Morgan fingerprint density at radius 2 is 2.14 bits per heavy atom. The molecule has 0 aliphatic carbocycles. The SMILES string of the molecule is COCCOCC(=O)N1CCC[C@@H](c2ncc(Cc3ccccc3OC)o2)C1. The van der Waals surface area contributed by atoms with E-state index in [1.54, 1.807) is 20.4 Å². The van der Waals surface area contributed by atoms with Crippen LogP contribution in [0.5, 0.6) is 5.75 Å². The molecule has 0 N–H and O–H groups in total. The van der Waals surface area contributed by atoms with Gasteiger partial charge in [-0.1, -0.05) is 18.2 Å². The van der Waals surface area contributed by atoms with Crippen LogP contribution in [0, 0.1) is 0 Å². The lowest BCUT2D eigenvalue weighted by atomic mass is 9.98. The van der Waals surface area contributed by atoms with Crippen LogP contribution in [-0.4, -0.2) is 62.9 Å². The van der Waals surface area contributed by atoms with Crippen LogP contribution in [0.2, 0.25) is 0 Å². The molecule has 0 radical (unpaired) electrons. The molecule has 152 valence electrons. The van der Waals surface area contributed by atoms with E-state index in [0.717, 1.165) is 36.5 Å². The molecule has 0 saturated carbocycles. The number of carbonyl (C=O) groups excluding carboxylic acids is 1. The molecule has 1 aromatic carbocycles. The summed E-state index contributed by atoms with van der Waals surface area (Å²) in [6, 6.07) is 7.88. The summed E-state index contributed by atoms with van der Waals surface area (Å²) in [6.07, 6.45) is 4.29. The molecule has 0 unspecified atom stereocenters. The number of piperidine rings is 1. The zero-order valence-corrected chi connectivity index (χ0v) is 16.6. The van der Waals surface area contributed by atoms with E-state index in [0.29, 0.717) is 32.1 Å². The van der Waals surface area contributed by atoms with Gasteiger partial charge in [-0.2, -0.15) is 0 Å². The Hall–Kier alpha value is -2.38. The van der Waals surface area contributed by atoms with Crippen LogP contribution in [0.15, 0.2) is 34.9 Å². The number of oxazole rings is 1. The minimum Gasteiger partial charge on any atom is -0.496 e. The highest BCUT2D eigenvalue weighted by Crippen LogP contribution is 2.28. The topological polar surface area (TPSA) is 74.0 Å². The van der Waals surface area contributed by atoms with Crippen LogP contribution in [0.25, 0.3) is 0 Å². The van der Waals surface area contributed by atoms with Crippen molar-refractivity contribution in [1.82, 2.24) is 9.88 Å². The third kappa shape index (κ3) is 5.33. The summed E-state index contributed by atoms with van der Waals surface area (Å²) in [7, 11) is 3.27. The summed E-state index contributed by atoms with van der Waals surface area (Å²) >= 11 is 0. The lowest BCUT2D eigenvalue weighted by Crippen LogP contribution is -2.41. The predicted octanol–water partition coefficient (Wildman–Crippen LogP) is 2.64. The molecule has 1 amide bonds. The smallest absolute Gasteiger partial charge is 0.248 e. The number of methoxy groups -OCH3 is 2. The van der Waals surface area contributed by atoms with E-state index in [9.17, 15) is 4.79 Å². The monoisotopic (exact) mass is 388 g/mol. The summed E-state index contributed by atoms with van der Waals surface area (Å²) in [5.74, 6) is 2.45. The van der Waals surface area contributed by atoms with Crippen LogP contribution >= 0.6 is 0 Å². The van der Waals surface area contributed by atoms with Gasteiger partial charge in [-0.3, -0.25) is 4.79 Å². The molecule has 2 heterocycles. The number of likely N-dealkylation sites (tertiary alicyclic amines) is 1. The minimum atomic E-state index is 0.00149. The van der Waals surface area contributed by atoms with Gasteiger partial charge in [0, 0.05) is 32.2 Å². The molecule has 7 nitrogen and oxygen atoms in total. The van der Waals surface area contributed by atoms with E-state index in [4.69, 9.17) is 18.6 Å². The Morgan fingerprint density at radius 1 is 1.29 bits per heavy atom. The number of hydrogen-bond donors (Lipinski definition) is 0. The molecular weight excluding hydrogens is 360 g/mol. The van der Waals surface area contributed by atoms with Crippen molar-refractivity contribution in [2.45, 2.75) is 25.2 Å². The van der Waals surface area contributed by atoms with E-state index in [1.165, 1.54) is 0 Å². The first-order valence-corrected chi connectivity index (χ1v) is 9.62. The standard InChI is InChI=1S/C21H28N2O5/c1-25-10-11-27-15-20(24)23-9-5-7-17(14-23)21-22-13-18(28-21)12-16-6-3-4-8-19(16)26-2/h3-4,6,8,13,17H,5,7,9-12,14-15H2,1-2H3/t17-/m1/s1. The van der Waals surface area contributed by atoms with Gasteiger partial charge in [-0.25, -0.2) is 4.98 Å². The van der Waals surface area contributed by atoms with Gasteiger partial charge in [0.2, 0.25) is 5.91 Å². The summed E-state index contributed by atoms with van der Waals surface area (Å²) in [6.45, 7) is 2.35. The highest BCUT2D eigenvalue weighted by molar-refractivity contribution is 5.77. The number of amides is 1. The number of nitrogens with zero attached hydrogens (tertiary/aromatic N) is 2. The first kappa shape index (κ1) is 20.4. The van der Waals surface area contributed by atoms with Crippen molar-refractivity contribution in [3.05, 3.63) is 47.7 Å². The van der Waals surface area contributed by atoms with Crippen LogP contribution in [0.3, 0.4) is 0 Å². The van der Waals surface area contributed by atoms with Gasteiger partial charge in [0.1, 0.15) is 18.1 Å². The van der Waals surface area contributed by atoms with E-state index in [1.807, 2.05) is 29.2 Å². The molecule has 1 fully saturated rings. The second-order valence-corrected chi connectivity index (χ2v) is 6.88. The van der Waals surface area contributed by atoms with E-state index < -0.39 is 0 Å². The van der Waals surface area contributed by atoms with Crippen LogP contribution < -0.4 is 4.74 Å². The quantitative estimate of drug-likeness (QED) is 0.615. The molecule has 1 atom stereocenters. The molecule has 0 spiro atoms. The molecular formula is C21H28N2O5. The lowest BCUT2D eigenvalue weighted by Gasteiger charge is -2.31. The number of carbonyl (C=O) groups is 1. The Labute approximate surface area is 165 Å². The number of benzene rings is 1. The Morgan fingerprint density at radius 3 is 2.96 bits per heavy atom. The zero-order valence-electron chi connectivity index (χ0n) is 16.6. The second kappa shape index (κ2) is 10.2. The van der Waals surface area contributed by atoms with Gasteiger partial charge in [0.25, 0.3) is 0 Å². The number of rotatable bonds is 9. The fourth-order valence-electron chi connectivity index (χ4n) is 3.43. The van der Waals surface area contributed by atoms with Gasteiger partial charge in [-0.15, -0.1) is 0 Å². The van der Waals surface area contributed by atoms with Gasteiger partial charge in [-0.05, 0) is 18.9 Å². The van der Waals surface area contributed by atoms with Gasteiger partial charge in [0.05, 0.1) is 32.4 Å². The summed E-state index contributed by atoms with van der Waals surface area (Å²) < 4.78 is 21.7. The van der Waals surface area contributed by atoms with Crippen LogP contribution in [0.1, 0.15) is 36.0 Å². The Bertz CT molecular complexity index is 761. The first-order valence-electron chi connectivity index (χ1n) is 9.62. The number of hydrogen-bond acceptors (Lipinski definition) is 6.